The number of aromatic nitrogens is 2. The van der Waals surface area contributed by atoms with Gasteiger partial charge in [0.2, 0.25) is 0 Å². The highest BCUT2D eigenvalue weighted by atomic mass is 15.1. The van der Waals surface area contributed by atoms with Gasteiger partial charge in [-0.15, -0.1) is 0 Å². The van der Waals surface area contributed by atoms with E-state index in [9.17, 15) is 0 Å². The first-order valence-electron chi connectivity index (χ1n) is 5.65. The van der Waals surface area contributed by atoms with E-state index in [2.05, 4.69) is 33.5 Å². The molecule has 0 radical (unpaired) electrons. The number of hydrogen-bond acceptors (Lipinski definition) is 3. The van der Waals surface area contributed by atoms with Crippen LogP contribution in [0.15, 0.2) is 24.5 Å². The molecule has 0 amide bonds. The van der Waals surface area contributed by atoms with Gasteiger partial charge in [-0.05, 0) is 25.7 Å². The van der Waals surface area contributed by atoms with Crippen LogP contribution in [0.3, 0.4) is 0 Å². The van der Waals surface area contributed by atoms with E-state index >= 15 is 0 Å². The van der Waals surface area contributed by atoms with E-state index in [1.165, 1.54) is 18.5 Å². The molecular weight excluding hydrogens is 186 g/mol. The molecule has 3 heteroatoms. The van der Waals surface area contributed by atoms with E-state index in [-0.39, 0.29) is 0 Å². The lowest BCUT2D eigenvalue weighted by Crippen LogP contribution is -2.05. The summed E-state index contributed by atoms with van der Waals surface area (Å²) >= 11 is 0. The molecule has 2 aliphatic rings. The monoisotopic (exact) mass is 201 g/mol. The minimum Gasteiger partial charge on any atom is -0.367 e. The first kappa shape index (κ1) is 8.89. The van der Waals surface area contributed by atoms with Gasteiger partial charge in [0.15, 0.2) is 0 Å². The molecule has 0 spiro atoms. The molecule has 0 aliphatic heterocycles. The predicted octanol–water partition coefficient (Wildman–Crippen LogP) is 2.48. The molecule has 1 heterocycles. The Morgan fingerprint density at radius 1 is 1.13 bits per heavy atom. The number of hydrogen-bond donors (Lipinski definition) is 1. The third-order valence-corrected chi connectivity index (χ3v) is 3.04. The fourth-order valence-electron chi connectivity index (χ4n) is 1.97. The van der Waals surface area contributed by atoms with Gasteiger partial charge in [0, 0.05) is 23.7 Å². The van der Waals surface area contributed by atoms with Crippen LogP contribution in [0.1, 0.15) is 37.3 Å². The normalized spacial score (nSPS) is 20.8. The summed E-state index contributed by atoms with van der Waals surface area (Å²) in [7, 11) is 0. The van der Waals surface area contributed by atoms with Gasteiger partial charge in [0.1, 0.15) is 12.1 Å². The van der Waals surface area contributed by atoms with E-state index in [4.69, 9.17) is 0 Å². The zero-order chi connectivity index (χ0) is 10.1. The second-order valence-electron chi connectivity index (χ2n) is 4.39. The molecule has 1 aromatic heterocycles. The first-order chi connectivity index (χ1) is 7.42. The molecule has 3 rings (SSSR count). The minimum atomic E-state index is 0.577. The van der Waals surface area contributed by atoms with Gasteiger partial charge < -0.3 is 5.32 Å². The molecular formula is C12H15N3. The lowest BCUT2D eigenvalue weighted by molar-refractivity contribution is 0.720. The maximum Gasteiger partial charge on any atom is 0.129 e. The molecule has 2 aliphatic carbocycles. The summed E-state index contributed by atoms with van der Waals surface area (Å²) in [5, 5.41) is 3.41. The second kappa shape index (κ2) is 3.65. The molecule has 3 nitrogen and oxygen atoms in total. The summed E-state index contributed by atoms with van der Waals surface area (Å²) < 4.78 is 0. The Hall–Kier alpha value is -1.38. The van der Waals surface area contributed by atoms with Gasteiger partial charge in [0.25, 0.3) is 0 Å². The predicted molar refractivity (Wildman–Crippen MR) is 59.8 cm³/mol. The molecule has 0 aromatic carbocycles. The number of rotatable bonds is 3. The number of nitrogens with one attached hydrogen (secondary N) is 1. The highest BCUT2D eigenvalue weighted by Gasteiger charge is 2.22. The van der Waals surface area contributed by atoms with Crippen LogP contribution in [0, 0.1) is 0 Å². The quantitative estimate of drug-likeness (QED) is 0.763. The third-order valence-electron chi connectivity index (χ3n) is 3.04. The molecule has 1 fully saturated rings. The average molecular weight is 201 g/mol. The van der Waals surface area contributed by atoms with Crippen molar-refractivity contribution in [2.75, 3.05) is 5.32 Å². The zero-order valence-corrected chi connectivity index (χ0v) is 8.69. The second-order valence-corrected chi connectivity index (χ2v) is 4.39. The van der Waals surface area contributed by atoms with Gasteiger partial charge >= 0.3 is 0 Å². The van der Waals surface area contributed by atoms with E-state index in [0.717, 1.165) is 18.7 Å². The molecule has 0 bridgehead atoms. The molecule has 15 heavy (non-hydrogen) atoms. The van der Waals surface area contributed by atoms with Crippen molar-refractivity contribution in [1.82, 2.24) is 9.97 Å². The van der Waals surface area contributed by atoms with E-state index in [1.54, 1.807) is 6.33 Å². The largest absolute Gasteiger partial charge is 0.367 e. The molecule has 0 saturated heterocycles. The van der Waals surface area contributed by atoms with Crippen molar-refractivity contribution in [2.45, 2.75) is 37.6 Å². The van der Waals surface area contributed by atoms with E-state index < -0.39 is 0 Å². The summed E-state index contributed by atoms with van der Waals surface area (Å²) in [5.41, 5.74) is 1.18. The first-order valence-corrected chi connectivity index (χ1v) is 5.65. The topological polar surface area (TPSA) is 37.8 Å². The summed E-state index contributed by atoms with van der Waals surface area (Å²) in [6.07, 6.45) is 11.0. The highest BCUT2D eigenvalue weighted by Crippen LogP contribution is 2.29. The van der Waals surface area contributed by atoms with Gasteiger partial charge in [-0.2, -0.15) is 0 Å². The Balaban J connectivity index is 1.75. The molecule has 1 aromatic rings. The fraction of sp³-hybridized carbons (Fsp3) is 0.500. The van der Waals surface area contributed by atoms with Crippen molar-refractivity contribution in [2.24, 2.45) is 0 Å². The summed E-state index contributed by atoms with van der Waals surface area (Å²) in [6, 6.07) is 2.77. The maximum absolute atomic E-state index is 4.36. The Labute approximate surface area is 89.6 Å². The summed E-state index contributed by atoms with van der Waals surface area (Å²) in [6.45, 7) is 0. The number of anilines is 1. The van der Waals surface area contributed by atoms with Crippen LogP contribution in [-0.2, 0) is 0 Å². The van der Waals surface area contributed by atoms with Crippen molar-refractivity contribution in [1.29, 1.82) is 0 Å². The molecule has 0 atom stereocenters. The summed E-state index contributed by atoms with van der Waals surface area (Å²) in [5.74, 6) is 1.57. The molecule has 1 saturated carbocycles. The van der Waals surface area contributed by atoms with Crippen molar-refractivity contribution in [3.05, 3.63) is 30.2 Å². The standard InChI is InChI=1S/C12H15N3/c1-2-4-9(3-1)11-7-12(14-8-13-11)15-10-5-6-10/h1-2,7-10H,3-6H2,(H,13,14,15). The van der Waals surface area contributed by atoms with Crippen LogP contribution in [0.25, 0.3) is 0 Å². The van der Waals surface area contributed by atoms with Crippen LogP contribution in [0.5, 0.6) is 0 Å². The van der Waals surface area contributed by atoms with Crippen LogP contribution in [0.4, 0.5) is 5.82 Å². The summed E-state index contributed by atoms with van der Waals surface area (Å²) in [4.78, 5) is 8.61. The maximum atomic E-state index is 4.36. The van der Waals surface area contributed by atoms with Crippen LogP contribution < -0.4 is 5.32 Å². The van der Waals surface area contributed by atoms with Gasteiger partial charge in [-0.1, -0.05) is 12.2 Å². The van der Waals surface area contributed by atoms with Crippen LogP contribution >= 0.6 is 0 Å². The van der Waals surface area contributed by atoms with Crippen molar-refractivity contribution in [3.8, 4) is 0 Å². The lowest BCUT2D eigenvalue weighted by atomic mass is 10.0. The Morgan fingerprint density at radius 3 is 2.67 bits per heavy atom. The van der Waals surface area contributed by atoms with Crippen LogP contribution in [-0.4, -0.2) is 16.0 Å². The molecule has 1 N–H and O–H groups in total. The van der Waals surface area contributed by atoms with Crippen LogP contribution in [0.2, 0.25) is 0 Å². The van der Waals surface area contributed by atoms with E-state index in [0.29, 0.717) is 12.0 Å². The lowest BCUT2D eigenvalue weighted by Gasteiger charge is -2.10. The van der Waals surface area contributed by atoms with E-state index in [1.807, 2.05) is 0 Å². The SMILES string of the molecule is C1=CCC(c2cc(NC3CC3)ncn2)C1. The molecule has 0 unspecified atom stereocenters. The van der Waals surface area contributed by atoms with Crippen molar-refractivity contribution < 1.29 is 0 Å². The highest BCUT2D eigenvalue weighted by molar-refractivity contribution is 5.38. The zero-order valence-electron chi connectivity index (χ0n) is 8.69. The van der Waals surface area contributed by atoms with Crippen molar-refractivity contribution in [3.63, 3.8) is 0 Å². The fourth-order valence-corrected chi connectivity index (χ4v) is 1.97. The Kier molecular flexibility index (Phi) is 2.16. The Morgan fingerprint density at radius 2 is 1.93 bits per heavy atom. The smallest absolute Gasteiger partial charge is 0.129 e. The van der Waals surface area contributed by atoms with Crippen molar-refractivity contribution >= 4 is 5.82 Å². The third kappa shape index (κ3) is 2.01. The Bertz CT molecular complexity index is 374. The number of allylic oxidation sites excluding steroid dienone is 2. The minimum absolute atomic E-state index is 0.577. The number of nitrogens with zero attached hydrogens (tertiary/aromatic N) is 2. The van der Waals surface area contributed by atoms with Gasteiger partial charge in [-0.25, -0.2) is 9.97 Å². The van der Waals surface area contributed by atoms with Gasteiger partial charge in [0.05, 0.1) is 0 Å². The average Bonchev–Trinajstić information content (AvgIpc) is 2.91. The van der Waals surface area contributed by atoms with Gasteiger partial charge in [-0.3, -0.25) is 0 Å². The molecule has 78 valence electrons.